The molecular formula is C43H83N3O8. The van der Waals surface area contributed by atoms with Crippen LogP contribution in [0.15, 0.2) is 0 Å². The van der Waals surface area contributed by atoms with Crippen LogP contribution in [0.5, 0.6) is 0 Å². The maximum absolute atomic E-state index is 13.3. The number of hydrogen-bond donors (Lipinski definition) is 6. The van der Waals surface area contributed by atoms with Crippen molar-refractivity contribution < 1.29 is 39.2 Å². The van der Waals surface area contributed by atoms with E-state index in [4.69, 9.17) is 9.47 Å². The number of unbranched alkanes of at least 4 members (excludes halogenated alkanes) is 25. The van der Waals surface area contributed by atoms with Crippen LogP contribution in [0.4, 0.5) is 0 Å². The molecule has 1 saturated heterocycles. The van der Waals surface area contributed by atoms with Gasteiger partial charge < -0.3 is 40.7 Å². The van der Waals surface area contributed by atoms with E-state index in [1.807, 2.05) is 0 Å². The summed E-state index contributed by atoms with van der Waals surface area (Å²) in [7, 11) is 0. The van der Waals surface area contributed by atoms with Gasteiger partial charge in [-0.2, -0.15) is 0 Å². The second-order valence-corrected chi connectivity index (χ2v) is 15.8. The number of aliphatic hydroxyl groups is 3. The molecule has 0 bridgehead atoms. The van der Waals surface area contributed by atoms with E-state index in [-0.39, 0.29) is 18.4 Å². The predicted molar refractivity (Wildman–Crippen MR) is 217 cm³/mol. The fourth-order valence-electron chi connectivity index (χ4n) is 7.21. The van der Waals surface area contributed by atoms with Crippen molar-refractivity contribution in [3.05, 3.63) is 0 Å². The normalized spacial score (nSPS) is 20.4. The zero-order valence-electron chi connectivity index (χ0n) is 34.8. The Morgan fingerprint density at radius 2 is 1.06 bits per heavy atom. The lowest BCUT2D eigenvalue weighted by molar-refractivity contribution is -0.271. The van der Waals surface area contributed by atoms with Gasteiger partial charge in [-0.05, 0) is 12.8 Å². The van der Waals surface area contributed by atoms with Crippen LogP contribution >= 0.6 is 0 Å². The first-order valence-electron chi connectivity index (χ1n) is 22.3. The van der Waals surface area contributed by atoms with E-state index in [1.54, 1.807) is 0 Å². The van der Waals surface area contributed by atoms with Gasteiger partial charge >= 0.3 is 0 Å². The Labute approximate surface area is 329 Å². The van der Waals surface area contributed by atoms with Crippen molar-refractivity contribution in [2.45, 2.75) is 237 Å². The highest BCUT2D eigenvalue weighted by molar-refractivity contribution is 5.87. The average molecular weight is 770 g/mol. The number of carbonyl (C=O) groups excluding carboxylic acids is 3. The van der Waals surface area contributed by atoms with E-state index in [0.29, 0.717) is 13.0 Å². The second kappa shape index (κ2) is 34.5. The van der Waals surface area contributed by atoms with Crippen molar-refractivity contribution >= 4 is 17.7 Å². The molecule has 0 aromatic heterocycles. The number of nitrogens with one attached hydrogen (secondary N) is 3. The minimum Gasteiger partial charge on any atom is -0.394 e. The minimum atomic E-state index is -1.47. The summed E-state index contributed by atoms with van der Waals surface area (Å²) in [4.78, 5) is 38.2. The average Bonchev–Trinajstić information content (AvgIpc) is 3.15. The first kappa shape index (κ1) is 50.2. The van der Waals surface area contributed by atoms with E-state index < -0.39 is 49.2 Å². The molecule has 1 aliphatic heterocycles. The van der Waals surface area contributed by atoms with Gasteiger partial charge in [0, 0.05) is 19.9 Å². The lowest BCUT2D eigenvalue weighted by Crippen LogP contribution is -2.65. The summed E-state index contributed by atoms with van der Waals surface area (Å²) in [5, 5.41) is 38.9. The van der Waals surface area contributed by atoms with Crippen molar-refractivity contribution in [1.29, 1.82) is 0 Å². The molecule has 1 heterocycles. The molecule has 1 fully saturated rings. The molecule has 6 N–H and O–H groups in total. The molecule has 11 heteroatoms. The van der Waals surface area contributed by atoms with Crippen LogP contribution in [0.3, 0.4) is 0 Å². The second-order valence-electron chi connectivity index (χ2n) is 15.8. The zero-order valence-corrected chi connectivity index (χ0v) is 34.8. The molecule has 0 aromatic rings. The smallest absolute Gasteiger partial charge is 0.244 e. The highest BCUT2D eigenvalue weighted by atomic mass is 16.7. The van der Waals surface area contributed by atoms with Crippen LogP contribution in [0.1, 0.15) is 201 Å². The largest absolute Gasteiger partial charge is 0.394 e. The molecule has 0 radical (unpaired) electrons. The van der Waals surface area contributed by atoms with Gasteiger partial charge in [-0.1, -0.05) is 174 Å². The monoisotopic (exact) mass is 770 g/mol. The van der Waals surface area contributed by atoms with Crippen LogP contribution < -0.4 is 16.0 Å². The van der Waals surface area contributed by atoms with Gasteiger partial charge in [-0.25, -0.2) is 0 Å². The topological polar surface area (TPSA) is 166 Å². The quantitative estimate of drug-likeness (QED) is 0.0356. The standard InChI is InChI=1S/C43H83N3O8/c1-4-6-8-10-12-14-16-18-19-20-21-23-25-27-29-31-38(49)46-36(34-53-43-39(45-35(3)48)41(51)40(50)37(33-47)54-43)42(52)44-32-30-28-26-24-22-17-15-13-11-9-7-5-2/h36-37,39-41,43,47,50-51H,4-34H2,1-3H3,(H,44,52)(H,45,48)(H,46,49)/t36-,37+,39+,40?,41+,43+/m0/s1. The molecule has 54 heavy (non-hydrogen) atoms. The lowest BCUT2D eigenvalue weighted by Gasteiger charge is -2.42. The molecule has 1 unspecified atom stereocenters. The Morgan fingerprint density at radius 1 is 0.630 bits per heavy atom. The molecule has 0 aromatic carbocycles. The summed E-state index contributed by atoms with van der Waals surface area (Å²) in [6.07, 6.45) is 28.2. The molecule has 6 atom stereocenters. The van der Waals surface area contributed by atoms with Crippen molar-refractivity contribution in [3.63, 3.8) is 0 Å². The molecule has 0 aliphatic carbocycles. The van der Waals surface area contributed by atoms with Crippen molar-refractivity contribution in [2.24, 2.45) is 0 Å². The fourth-order valence-corrected chi connectivity index (χ4v) is 7.21. The van der Waals surface area contributed by atoms with Crippen LogP contribution in [0, 0.1) is 0 Å². The van der Waals surface area contributed by atoms with Crippen LogP contribution in [0.25, 0.3) is 0 Å². The maximum atomic E-state index is 13.3. The Bertz CT molecular complexity index is 925. The van der Waals surface area contributed by atoms with Gasteiger partial charge in [0.15, 0.2) is 6.29 Å². The number of aliphatic hydroxyl groups excluding tert-OH is 3. The van der Waals surface area contributed by atoms with Gasteiger partial charge in [0.2, 0.25) is 17.7 Å². The molecule has 1 rings (SSSR count). The summed E-state index contributed by atoms with van der Waals surface area (Å²) < 4.78 is 11.6. The van der Waals surface area contributed by atoms with E-state index in [1.165, 1.54) is 142 Å². The summed E-state index contributed by atoms with van der Waals surface area (Å²) in [6.45, 7) is 5.38. The predicted octanol–water partition coefficient (Wildman–Crippen LogP) is 7.51. The van der Waals surface area contributed by atoms with E-state index >= 15 is 0 Å². The van der Waals surface area contributed by atoms with Gasteiger partial charge in [-0.3, -0.25) is 14.4 Å². The van der Waals surface area contributed by atoms with Crippen molar-refractivity contribution in [2.75, 3.05) is 19.8 Å². The molecule has 0 spiro atoms. The first-order chi connectivity index (χ1) is 26.2. The van der Waals surface area contributed by atoms with E-state index in [0.717, 1.165) is 38.5 Å². The van der Waals surface area contributed by atoms with Crippen molar-refractivity contribution in [3.8, 4) is 0 Å². The number of carbonyl (C=O) groups is 3. The van der Waals surface area contributed by atoms with Crippen molar-refractivity contribution in [1.82, 2.24) is 16.0 Å². The molecule has 318 valence electrons. The maximum Gasteiger partial charge on any atom is 0.244 e. The summed E-state index contributed by atoms with van der Waals surface area (Å²) >= 11 is 0. The van der Waals surface area contributed by atoms with Gasteiger partial charge in [0.25, 0.3) is 0 Å². The number of ether oxygens (including phenoxy) is 2. The molecule has 1 aliphatic rings. The Morgan fingerprint density at radius 3 is 1.48 bits per heavy atom. The Hall–Kier alpha value is -1.79. The molecule has 0 saturated carbocycles. The van der Waals surface area contributed by atoms with Crippen LogP contribution in [-0.2, 0) is 23.9 Å². The van der Waals surface area contributed by atoms with E-state index in [2.05, 4.69) is 29.8 Å². The van der Waals surface area contributed by atoms with Gasteiger partial charge in [0.05, 0.1) is 13.2 Å². The lowest BCUT2D eigenvalue weighted by atomic mass is 9.97. The van der Waals surface area contributed by atoms with Crippen LogP contribution in [-0.4, -0.2) is 89.5 Å². The minimum absolute atomic E-state index is 0.245. The third-order valence-corrected chi connectivity index (χ3v) is 10.7. The number of amides is 3. The van der Waals surface area contributed by atoms with Gasteiger partial charge in [-0.15, -0.1) is 0 Å². The molecule has 3 amide bonds. The third kappa shape index (κ3) is 25.4. The third-order valence-electron chi connectivity index (χ3n) is 10.7. The summed E-state index contributed by atoms with van der Waals surface area (Å²) in [6, 6.07) is -2.16. The number of hydrogen-bond acceptors (Lipinski definition) is 8. The SMILES string of the molecule is CCCCCCCCCCCCCCCCCC(=O)N[C@@H](CO[C@@H]1O[C@H](CO)C(O)[C@H](O)[C@H]1NC(C)=O)C(=O)NCCCCCCCCCCCCCC. The zero-order chi connectivity index (χ0) is 39.7. The molecular weight excluding hydrogens is 686 g/mol. The van der Waals surface area contributed by atoms with Gasteiger partial charge in [0.1, 0.15) is 30.4 Å². The molecule has 11 nitrogen and oxygen atoms in total. The Balaban J connectivity index is 2.49. The highest BCUT2D eigenvalue weighted by Crippen LogP contribution is 2.23. The number of rotatable bonds is 36. The van der Waals surface area contributed by atoms with Crippen LogP contribution in [0.2, 0.25) is 0 Å². The highest BCUT2D eigenvalue weighted by Gasteiger charge is 2.45. The first-order valence-corrected chi connectivity index (χ1v) is 22.3. The van der Waals surface area contributed by atoms with E-state index in [9.17, 15) is 29.7 Å². The summed E-state index contributed by atoms with van der Waals surface area (Å²) in [5.41, 5.74) is 0. The summed E-state index contributed by atoms with van der Waals surface area (Å²) in [5.74, 6) is -1.10. The fraction of sp³-hybridized carbons (Fsp3) is 0.930. The Kier molecular flexibility index (Phi) is 32.1.